The molecular weight excluding hydrogens is 362 g/mol. The van der Waals surface area contributed by atoms with Gasteiger partial charge in [0.1, 0.15) is 0 Å². The molecule has 0 saturated carbocycles. The quantitative estimate of drug-likeness (QED) is 0.790. The van der Waals surface area contributed by atoms with Crippen molar-refractivity contribution in [3.63, 3.8) is 0 Å². The molecule has 4 rings (SSSR count). The maximum atomic E-state index is 12.5. The third-order valence-corrected chi connectivity index (χ3v) is 6.04. The molecule has 2 amide bonds. The van der Waals surface area contributed by atoms with Gasteiger partial charge < -0.3 is 10.2 Å². The number of nitrogens with zero attached hydrogens (tertiary/aromatic N) is 2. The van der Waals surface area contributed by atoms with E-state index in [0.717, 1.165) is 43.6 Å². The van der Waals surface area contributed by atoms with Gasteiger partial charge in [0.05, 0.1) is 6.54 Å². The van der Waals surface area contributed by atoms with Crippen molar-refractivity contribution < 1.29 is 9.59 Å². The summed E-state index contributed by atoms with van der Waals surface area (Å²) in [4.78, 5) is 28.6. The van der Waals surface area contributed by atoms with Gasteiger partial charge in [-0.25, -0.2) is 0 Å². The van der Waals surface area contributed by atoms with Gasteiger partial charge in [-0.3, -0.25) is 14.5 Å². The predicted octanol–water partition coefficient (Wildman–Crippen LogP) is 2.91. The van der Waals surface area contributed by atoms with E-state index < -0.39 is 0 Å². The molecule has 1 atom stereocenters. The van der Waals surface area contributed by atoms with Crippen molar-refractivity contribution in [1.82, 2.24) is 15.1 Å². The molecule has 0 spiro atoms. The standard InChI is InChI=1S/C24H29N3O2/c28-23(18-26-14-12-22(16-26)19-7-2-1-3-8-19)25-15-20-9-4-5-10-21(20)17-27-13-6-11-24(27)29/h1-5,7-10,22H,6,11-18H2,(H,25,28)/t22-/m0/s1. The zero-order valence-corrected chi connectivity index (χ0v) is 16.8. The Balaban J connectivity index is 1.27. The van der Waals surface area contributed by atoms with Gasteiger partial charge in [-0.05, 0) is 42.0 Å². The van der Waals surface area contributed by atoms with Crippen LogP contribution in [0.4, 0.5) is 0 Å². The fourth-order valence-corrected chi connectivity index (χ4v) is 4.39. The largest absolute Gasteiger partial charge is 0.351 e. The van der Waals surface area contributed by atoms with Gasteiger partial charge in [0, 0.05) is 32.6 Å². The Morgan fingerprint density at radius 1 is 1.00 bits per heavy atom. The molecule has 2 aliphatic heterocycles. The van der Waals surface area contributed by atoms with Crippen molar-refractivity contribution in [1.29, 1.82) is 0 Å². The average Bonchev–Trinajstić information content (AvgIpc) is 3.37. The number of carbonyl (C=O) groups is 2. The molecule has 2 aromatic rings. The molecule has 2 saturated heterocycles. The molecule has 152 valence electrons. The van der Waals surface area contributed by atoms with Gasteiger partial charge in [0.2, 0.25) is 11.8 Å². The summed E-state index contributed by atoms with van der Waals surface area (Å²) < 4.78 is 0. The molecule has 5 heteroatoms. The van der Waals surface area contributed by atoms with Crippen molar-refractivity contribution in [2.75, 3.05) is 26.2 Å². The van der Waals surface area contributed by atoms with E-state index in [1.54, 1.807) is 0 Å². The van der Waals surface area contributed by atoms with Crippen LogP contribution in [-0.4, -0.2) is 47.8 Å². The molecule has 5 nitrogen and oxygen atoms in total. The number of benzene rings is 2. The maximum absolute atomic E-state index is 12.5. The molecule has 2 heterocycles. The molecular formula is C24H29N3O2. The lowest BCUT2D eigenvalue weighted by Gasteiger charge is -2.19. The van der Waals surface area contributed by atoms with Crippen LogP contribution in [-0.2, 0) is 22.7 Å². The number of hydrogen-bond acceptors (Lipinski definition) is 3. The molecule has 2 aliphatic rings. The monoisotopic (exact) mass is 391 g/mol. The highest BCUT2D eigenvalue weighted by Gasteiger charge is 2.25. The third-order valence-electron chi connectivity index (χ3n) is 6.04. The number of likely N-dealkylation sites (tertiary alicyclic amines) is 2. The van der Waals surface area contributed by atoms with E-state index in [1.165, 1.54) is 5.56 Å². The summed E-state index contributed by atoms with van der Waals surface area (Å²) in [6, 6.07) is 18.6. The van der Waals surface area contributed by atoms with E-state index in [9.17, 15) is 9.59 Å². The minimum atomic E-state index is 0.0609. The Morgan fingerprint density at radius 3 is 2.52 bits per heavy atom. The van der Waals surface area contributed by atoms with Crippen LogP contribution in [0.2, 0.25) is 0 Å². The molecule has 29 heavy (non-hydrogen) atoms. The summed E-state index contributed by atoms with van der Waals surface area (Å²) in [5.74, 6) is 0.805. The van der Waals surface area contributed by atoms with Crippen LogP contribution in [0.3, 0.4) is 0 Å². The molecule has 1 N–H and O–H groups in total. The summed E-state index contributed by atoms with van der Waals surface area (Å²) in [5, 5.41) is 3.07. The van der Waals surface area contributed by atoms with Gasteiger partial charge in [-0.1, -0.05) is 54.6 Å². The fourth-order valence-electron chi connectivity index (χ4n) is 4.39. The van der Waals surface area contributed by atoms with Gasteiger partial charge in [-0.2, -0.15) is 0 Å². The second-order valence-electron chi connectivity index (χ2n) is 8.10. The summed E-state index contributed by atoms with van der Waals surface area (Å²) in [6.07, 6.45) is 2.69. The molecule has 0 radical (unpaired) electrons. The van der Waals surface area contributed by atoms with E-state index in [4.69, 9.17) is 0 Å². The van der Waals surface area contributed by atoms with E-state index in [-0.39, 0.29) is 11.8 Å². The Morgan fingerprint density at radius 2 is 1.76 bits per heavy atom. The van der Waals surface area contributed by atoms with Crippen LogP contribution in [0.15, 0.2) is 54.6 Å². The lowest BCUT2D eigenvalue weighted by Crippen LogP contribution is -2.36. The molecule has 0 aromatic heterocycles. The number of hydrogen-bond donors (Lipinski definition) is 1. The topological polar surface area (TPSA) is 52.7 Å². The highest BCUT2D eigenvalue weighted by Crippen LogP contribution is 2.26. The van der Waals surface area contributed by atoms with Crippen molar-refractivity contribution in [3.8, 4) is 0 Å². The fraction of sp³-hybridized carbons (Fsp3) is 0.417. The molecule has 0 bridgehead atoms. The molecule has 2 aromatic carbocycles. The number of rotatable bonds is 7. The predicted molar refractivity (Wildman–Crippen MR) is 113 cm³/mol. The Bertz CT molecular complexity index is 852. The lowest BCUT2D eigenvalue weighted by molar-refractivity contribution is -0.128. The second-order valence-corrected chi connectivity index (χ2v) is 8.10. The summed E-state index contributed by atoms with van der Waals surface area (Å²) in [5.41, 5.74) is 3.57. The van der Waals surface area contributed by atoms with E-state index in [2.05, 4.69) is 40.5 Å². The van der Waals surface area contributed by atoms with E-state index in [1.807, 2.05) is 29.2 Å². The van der Waals surface area contributed by atoms with Crippen LogP contribution < -0.4 is 5.32 Å². The average molecular weight is 392 g/mol. The second kappa shape index (κ2) is 9.23. The first kappa shape index (κ1) is 19.6. The van der Waals surface area contributed by atoms with E-state index >= 15 is 0 Å². The van der Waals surface area contributed by atoms with Gasteiger partial charge >= 0.3 is 0 Å². The summed E-state index contributed by atoms with van der Waals surface area (Å²) in [6.45, 7) is 4.31. The Hall–Kier alpha value is -2.66. The van der Waals surface area contributed by atoms with Crippen molar-refractivity contribution in [3.05, 3.63) is 71.3 Å². The van der Waals surface area contributed by atoms with Crippen LogP contribution >= 0.6 is 0 Å². The maximum Gasteiger partial charge on any atom is 0.234 e. The van der Waals surface area contributed by atoms with Gasteiger partial charge in [0.15, 0.2) is 0 Å². The van der Waals surface area contributed by atoms with Crippen molar-refractivity contribution in [2.24, 2.45) is 0 Å². The first-order valence-corrected chi connectivity index (χ1v) is 10.6. The number of carbonyl (C=O) groups excluding carboxylic acids is 2. The minimum Gasteiger partial charge on any atom is -0.351 e. The first-order valence-electron chi connectivity index (χ1n) is 10.6. The minimum absolute atomic E-state index is 0.0609. The highest BCUT2D eigenvalue weighted by molar-refractivity contribution is 5.78. The smallest absolute Gasteiger partial charge is 0.234 e. The normalized spacial score (nSPS) is 19.7. The van der Waals surface area contributed by atoms with Crippen LogP contribution in [0.25, 0.3) is 0 Å². The Labute approximate surface area is 172 Å². The lowest BCUT2D eigenvalue weighted by atomic mass is 9.99. The summed E-state index contributed by atoms with van der Waals surface area (Å²) >= 11 is 0. The number of amides is 2. The van der Waals surface area contributed by atoms with Crippen molar-refractivity contribution in [2.45, 2.75) is 38.3 Å². The number of nitrogens with one attached hydrogen (secondary N) is 1. The first-order chi connectivity index (χ1) is 14.2. The molecule has 0 aliphatic carbocycles. The van der Waals surface area contributed by atoms with Gasteiger partial charge in [-0.15, -0.1) is 0 Å². The van der Waals surface area contributed by atoms with Crippen LogP contribution in [0, 0.1) is 0 Å². The zero-order valence-electron chi connectivity index (χ0n) is 16.8. The zero-order chi connectivity index (χ0) is 20.1. The molecule has 0 unspecified atom stereocenters. The summed E-state index contributed by atoms with van der Waals surface area (Å²) in [7, 11) is 0. The van der Waals surface area contributed by atoms with Crippen molar-refractivity contribution >= 4 is 11.8 Å². The van der Waals surface area contributed by atoms with Gasteiger partial charge in [0.25, 0.3) is 0 Å². The van der Waals surface area contributed by atoms with Crippen LogP contribution in [0.1, 0.15) is 41.9 Å². The Kier molecular flexibility index (Phi) is 6.25. The SMILES string of the molecule is O=C(CN1CC[C@H](c2ccccc2)C1)NCc1ccccc1CN1CCCC1=O. The highest BCUT2D eigenvalue weighted by atomic mass is 16.2. The molecule has 2 fully saturated rings. The van der Waals surface area contributed by atoms with E-state index in [0.29, 0.717) is 32.0 Å². The van der Waals surface area contributed by atoms with Crippen LogP contribution in [0.5, 0.6) is 0 Å². The third kappa shape index (κ3) is 5.04.